The summed E-state index contributed by atoms with van der Waals surface area (Å²) in [6.45, 7) is 3.82. The van der Waals surface area contributed by atoms with Gasteiger partial charge in [0.25, 0.3) is 0 Å². The quantitative estimate of drug-likeness (QED) is 0.630. The smallest absolute Gasteiger partial charge is 0.117 e. The maximum absolute atomic E-state index is 9.44. The molecule has 3 aromatic rings. The van der Waals surface area contributed by atoms with Crippen molar-refractivity contribution in [2.24, 2.45) is 0 Å². The van der Waals surface area contributed by atoms with Crippen molar-refractivity contribution in [3.8, 4) is 5.75 Å². The third kappa shape index (κ3) is 3.41. The molecule has 0 spiro atoms. The molecule has 4 heteroatoms. The van der Waals surface area contributed by atoms with Crippen molar-refractivity contribution in [2.75, 3.05) is 6.54 Å². The fourth-order valence-electron chi connectivity index (χ4n) is 2.31. The predicted octanol–water partition coefficient (Wildman–Crippen LogP) is 2.91. The molecule has 1 heterocycles. The normalized spacial score (nSPS) is 11.1. The molecule has 0 saturated heterocycles. The number of hydrogen-bond acceptors (Lipinski definition) is 3. The van der Waals surface area contributed by atoms with E-state index in [1.54, 1.807) is 12.1 Å². The Kier molecular flexibility index (Phi) is 3.88. The van der Waals surface area contributed by atoms with E-state index in [-0.39, 0.29) is 5.75 Å². The zero-order valence-corrected chi connectivity index (χ0v) is 12.1. The molecule has 0 amide bonds. The van der Waals surface area contributed by atoms with Gasteiger partial charge >= 0.3 is 0 Å². The molecule has 3 N–H and O–H groups in total. The number of nitrogens with zero attached hydrogens (tertiary/aromatic N) is 1. The number of hydrogen-bond donors (Lipinski definition) is 3. The van der Waals surface area contributed by atoms with Gasteiger partial charge in [-0.3, -0.25) is 0 Å². The first-order valence-corrected chi connectivity index (χ1v) is 7.14. The Balaban J connectivity index is 1.53. The number of fused-ring (bicyclic) bond motifs is 1. The molecule has 4 nitrogen and oxygen atoms in total. The minimum absolute atomic E-state index is 0.259. The van der Waals surface area contributed by atoms with E-state index in [1.165, 1.54) is 11.1 Å². The fourth-order valence-corrected chi connectivity index (χ4v) is 2.31. The first-order chi connectivity index (χ1) is 10.2. The standard InChI is InChI=1S/C17H19N3O/c1-12-2-4-13(5-3-12)11-18-9-8-17-19-15-7-6-14(21)10-16(15)20-17/h2-7,10,18,21H,8-9,11H2,1H3,(H,19,20). The molecule has 0 unspecified atom stereocenters. The number of aromatic hydroxyl groups is 1. The first-order valence-electron chi connectivity index (χ1n) is 7.14. The third-order valence-corrected chi connectivity index (χ3v) is 3.50. The summed E-state index contributed by atoms with van der Waals surface area (Å²) in [6, 6.07) is 13.7. The molecule has 108 valence electrons. The second-order valence-corrected chi connectivity index (χ2v) is 5.30. The third-order valence-electron chi connectivity index (χ3n) is 3.50. The van der Waals surface area contributed by atoms with Crippen LogP contribution in [0.15, 0.2) is 42.5 Å². The summed E-state index contributed by atoms with van der Waals surface area (Å²) in [6.07, 6.45) is 0.835. The van der Waals surface area contributed by atoms with Crippen LogP contribution in [0.5, 0.6) is 5.75 Å². The maximum atomic E-state index is 9.44. The van der Waals surface area contributed by atoms with Crippen LogP contribution < -0.4 is 5.32 Å². The van der Waals surface area contributed by atoms with Gasteiger partial charge in [0, 0.05) is 25.6 Å². The van der Waals surface area contributed by atoms with Gasteiger partial charge in [0.1, 0.15) is 11.6 Å². The van der Waals surface area contributed by atoms with Crippen molar-refractivity contribution >= 4 is 11.0 Å². The lowest BCUT2D eigenvalue weighted by molar-refractivity contribution is 0.476. The van der Waals surface area contributed by atoms with Crippen LogP contribution in [0.4, 0.5) is 0 Å². The van der Waals surface area contributed by atoms with Crippen molar-refractivity contribution in [1.29, 1.82) is 0 Å². The van der Waals surface area contributed by atoms with Crippen molar-refractivity contribution in [1.82, 2.24) is 15.3 Å². The minimum atomic E-state index is 0.259. The van der Waals surface area contributed by atoms with E-state index in [0.29, 0.717) is 0 Å². The number of nitrogens with one attached hydrogen (secondary N) is 2. The van der Waals surface area contributed by atoms with Crippen LogP contribution in [0.3, 0.4) is 0 Å². The zero-order chi connectivity index (χ0) is 14.7. The second kappa shape index (κ2) is 5.97. The monoisotopic (exact) mass is 281 g/mol. The Morgan fingerprint density at radius 3 is 2.76 bits per heavy atom. The molecule has 0 aliphatic rings. The highest BCUT2D eigenvalue weighted by molar-refractivity contribution is 5.76. The number of H-pyrrole nitrogens is 1. The van der Waals surface area contributed by atoms with E-state index in [9.17, 15) is 5.11 Å². The second-order valence-electron chi connectivity index (χ2n) is 5.30. The van der Waals surface area contributed by atoms with Gasteiger partial charge in [-0.05, 0) is 24.6 Å². The van der Waals surface area contributed by atoms with Crippen molar-refractivity contribution in [3.63, 3.8) is 0 Å². The first kappa shape index (κ1) is 13.6. The lowest BCUT2D eigenvalue weighted by Gasteiger charge is -2.04. The summed E-state index contributed by atoms with van der Waals surface area (Å²) in [5, 5.41) is 12.9. The van der Waals surface area contributed by atoms with E-state index in [2.05, 4.69) is 46.5 Å². The Morgan fingerprint density at radius 2 is 1.95 bits per heavy atom. The largest absolute Gasteiger partial charge is 0.508 e. The Labute approximate surface area is 123 Å². The highest BCUT2D eigenvalue weighted by Gasteiger charge is 2.03. The lowest BCUT2D eigenvalue weighted by atomic mass is 10.1. The van der Waals surface area contributed by atoms with Gasteiger partial charge in [-0.1, -0.05) is 29.8 Å². The predicted molar refractivity (Wildman–Crippen MR) is 84.3 cm³/mol. The Morgan fingerprint density at radius 1 is 1.14 bits per heavy atom. The molecule has 0 aliphatic carbocycles. The summed E-state index contributed by atoms with van der Waals surface area (Å²) in [5.74, 6) is 1.20. The van der Waals surface area contributed by atoms with Gasteiger partial charge < -0.3 is 15.4 Å². The van der Waals surface area contributed by atoms with Crippen LogP contribution in [0.1, 0.15) is 17.0 Å². The molecule has 21 heavy (non-hydrogen) atoms. The minimum Gasteiger partial charge on any atom is -0.508 e. The molecule has 0 bridgehead atoms. The van der Waals surface area contributed by atoms with Gasteiger partial charge in [0.2, 0.25) is 0 Å². The number of rotatable bonds is 5. The molecule has 0 saturated carbocycles. The summed E-state index contributed by atoms with van der Waals surface area (Å²) in [5.41, 5.74) is 4.34. The van der Waals surface area contributed by atoms with E-state index in [1.807, 2.05) is 6.07 Å². The molecule has 3 rings (SSSR count). The van der Waals surface area contributed by atoms with Gasteiger partial charge in [-0.25, -0.2) is 4.98 Å². The average Bonchev–Trinajstić information content (AvgIpc) is 2.87. The van der Waals surface area contributed by atoms with E-state index in [0.717, 1.165) is 36.4 Å². The molecule has 2 aromatic carbocycles. The van der Waals surface area contributed by atoms with Crippen LogP contribution >= 0.6 is 0 Å². The summed E-state index contributed by atoms with van der Waals surface area (Å²) < 4.78 is 0. The number of phenolic OH excluding ortho intramolecular Hbond substituents is 1. The number of imidazole rings is 1. The topological polar surface area (TPSA) is 60.9 Å². The number of benzene rings is 2. The average molecular weight is 281 g/mol. The summed E-state index contributed by atoms with van der Waals surface area (Å²) >= 11 is 0. The van der Waals surface area contributed by atoms with Crippen molar-refractivity contribution in [3.05, 3.63) is 59.4 Å². The molecule has 0 radical (unpaired) electrons. The van der Waals surface area contributed by atoms with Crippen LogP contribution in [0.2, 0.25) is 0 Å². The molecule has 0 fully saturated rings. The van der Waals surface area contributed by atoms with Crippen LogP contribution in [-0.4, -0.2) is 21.6 Å². The summed E-state index contributed by atoms with van der Waals surface area (Å²) in [4.78, 5) is 7.73. The van der Waals surface area contributed by atoms with Crippen LogP contribution in [-0.2, 0) is 13.0 Å². The van der Waals surface area contributed by atoms with E-state index < -0.39 is 0 Å². The number of aromatic amines is 1. The van der Waals surface area contributed by atoms with Crippen molar-refractivity contribution in [2.45, 2.75) is 19.9 Å². The zero-order valence-electron chi connectivity index (χ0n) is 12.1. The Hall–Kier alpha value is -2.33. The van der Waals surface area contributed by atoms with Crippen LogP contribution in [0.25, 0.3) is 11.0 Å². The van der Waals surface area contributed by atoms with Crippen LogP contribution in [0, 0.1) is 6.92 Å². The SMILES string of the molecule is Cc1ccc(CNCCc2nc3ccc(O)cc3[nH]2)cc1. The molecule has 1 aromatic heterocycles. The molecule has 0 atom stereocenters. The van der Waals surface area contributed by atoms with Gasteiger partial charge in [0.05, 0.1) is 11.0 Å². The fraction of sp³-hybridized carbons (Fsp3) is 0.235. The Bertz CT molecular complexity index is 731. The van der Waals surface area contributed by atoms with E-state index >= 15 is 0 Å². The highest BCUT2D eigenvalue weighted by atomic mass is 16.3. The lowest BCUT2D eigenvalue weighted by Crippen LogP contribution is -2.17. The number of aromatic nitrogens is 2. The maximum Gasteiger partial charge on any atom is 0.117 e. The molecule has 0 aliphatic heterocycles. The highest BCUT2D eigenvalue weighted by Crippen LogP contribution is 2.17. The number of phenols is 1. The van der Waals surface area contributed by atoms with Gasteiger partial charge in [-0.2, -0.15) is 0 Å². The van der Waals surface area contributed by atoms with Crippen molar-refractivity contribution < 1.29 is 5.11 Å². The van der Waals surface area contributed by atoms with Gasteiger partial charge in [0.15, 0.2) is 0 Å². The summed E-state index contributed by atoms with van der Waals surface area (Å²) in [7, 11) is 0. The molecular formula is C17H19N3O. The van der Waals surface area contributed by atoms with E-state index in [4.69, 9.17) is 0 Å². The molecular weight excluding hydrogens is 262 g/mol. The number of aryl methyl sites for hydroxylation is 1. The van der Waals surface area contributed by atoms with Gasteiger partial charge in [-0.15, -0.1) is 0 Å².